The molecule has 1 unspecified atom stereocenters. The Kier molecular flexibility index (Phi) is 3.18. The predicted octanol–water partition coefficient (Wildman–Crippen LogP) is -0.274. The van der Waals surface area contributed by atoms with Crippen LogP contribution in [0.25, 0.3) is 0 Å². The summed E-state index contributed by atoms with van der Waals surface area (Å²) in [5, 5.41) is 0. The first-order chi connectivity index (χ1) is 4.39. The normalized spacial score (nSPS) is 14.8. The van der Waals surface area contributed by atoms with Crippen molar-refractivity contribution in [3.63, 3.8) is 0 Å². The minimum atomic E-state index is -4.40. The summed E-state index contributed by atoms with van der Waals surface area (Å²) in [7, 11) is -3.33. The average Bonchev–Trinajstić information content (AvgIpc) is 1.60. The van der Waals surface area contributed by atoms with Crippen molar-refractivity contribution in [2.24, 2.45) is 0 Å². The van der Waals surface area contributed by atoms with Crippen molar-refractivity contribution in [2.75, 3.05) is 7.11 Å². The number of hydrogen-bond donors (Lipinski definition) is 2. The third-order valence-corrected chi connectivity index (χ3v) is 2.06. The maximum absolute atomic E-state index is 10.4. The molecular weight excluding hydrogens is 159 g/mol. The number of carbonyl (C=O) groups excluding carboxylic acids is 1. The van der Waals surface area contributed by atoms with Gasteiger partial charge in [-0.3, -0.25) is 9.36 Å². The smallest absolute Gasteiger partial charge is 0.361 e. The van der Waals surface area contributed by atoms with Gasteiger partial charge in [-0.2, -0.15) is 0 Å². The monoisotopic (exact) mass is 168 g/mol. The summed E-state index contributed by atoms with van der Waals surface area (Å²) >= 11 is 0. The number of ketones is 1. The second kappa shape index (κ2) is 3.25. The molecule has 0 heterocycles. The van der Waals surface area contributed by atoms with Crippen molar-refractivity contribution < 1.29 is 23.9 Å². The highest BCUT2D eigenvalue weighted by atomic mass is 31.2. The quantitative estimate of drug-likeness (QED) is 0.566. The first kappa shape index (κ1) is 9.78. The zero-order valence-corrected chi connectivity index (χ0v) is 6.54. The molecule has 0 aliphatic rings. The lowest BCUT2D eigenvalue weighted by molar-refractivity contribution is -0.123. The fraction of sp³-hybridized carbons (Fsp3) is 0.750. The molecule has 6 heteroatoms. The van der Waals surface area contributed by atoms with Crippen LogP contribution in [0.1, 0.15) is 6.92 Å². The van der Waals surface area contributed by atoms with Gasteiger partial charge in [0.05, 0.1) is 0 Å². The van der Waals surface area contributed by atoms with Crippen molar-refractivity contribution in [1.29, 1.82) is 0 Å². The zero-order valence-electron chi connectivity index (χ0n) is 5.64. The van der Waals surface area contributed by atoms with Gasteiger partial charge in [0.2, 0.25) is 5.85 Å². The van der Waals surface area contributed by atoms with E-state index >= 15 is 0 Å². The summed E-state index contributed by atoms with van der Waals surface area (Å²) in [5.74, 6) is -2.27. The molecule has 0 fully saturated rings. The number of ether oxygens (including phenoxy) is 1. The van der Waals surface area contributed by atoms with Crippen LogP contribution in [0.15, 0.2) is 0 Å². The maximum Gasteiger partial charge on any atom is 0.361 e. The van der Waals surface area contributed by atoms with Gasteiger partial charge in [-0.1, -0.05) is 0 Å². The van der Waals surface area contributed by atoms with E-state index in [-0.39, 0.29) is 0 Å². The average molecular weight is 168 g/mol. The molecule has 0 saturated heterocycles. The molecule has 0 bridgehead atoms. The van der Waals surface area contributed by atoms with Crippen LogP contribution in [-0.2, 0) is 14.1 Å². The number of carbonyl (C=O) groups is 1. The molecule has 10 heavy (non-hydrogen) atoms. The van der Waals surface area contributed by atoms with Crippen LogP contribution in [0.4, 0.5) is 0 Å². The lowest BCUT2D eigenvalue weighted by Crippen LogP contribution is -2.19. The molecule has 0 saturated carbocycles. The first-order valence-corrected chi connectivity index (χ1v) is 4.16. The Bertz CT molecular complexity index is 170. The predicted molar refractivity (Wildman–Crippen MR) is 33.5 cm³/mol. The molecule has 0 rings (SSSR count). The highest BCUT2D eigenvalue weighted by Crippen LogP contribution is 2.41. The van der Waals surface area contributed by atoms with Crippen molar-refractivity contribution in [2.45, 2.75) is 12.8 Å². The molecule has 1 atom stereocenters. The van der Waals surface area contributed by atoms with Gasteiger partial charge in [0.25, 0.3) is 0 Å². The molecule has 60 valence electrons. The summed E-state index contributed by atoms with van der Waals surface area (Å²) in [6.07, 6.45) is 0. The third-order valence-electron chi connectivity index (χ3n) is 0.877. The van der Waals surface area contributed by atoms with Crippen LogP contribution in [0.3, 0.4) is 0 Å². The SMILES string of the molecule is COC(C(C)=O)P(=O)(O)O. The number of hydrogen-bond acceptors (Lipinski definition) is 3. The van der Waals surface area contributed by atoms with Crippen LogP contribution >= 0.6 is 7.60 Å². The topological polar surface area (TPSA) is 83.8 Å². The Balaban J connectivity index is 4.38. The van der Waals surface area contributed by atoms with E-state index in [0.717, 1.165) is 14.0 Å². The highest BCUT2D eigenvalue weighted by Gasteiger charge is 2.32. The molecule has 0 amide bonds. The van der Waals surface area contributed by atoms with E-state index in [0.29, 0.717) is 0 Å². The van der Waals surface area contributed by atoms with Gasteiger partial charge in [0.1, 0.15) is 0 Å². The van der Waals surface area contributed by atoms with E-state index in [1.165, 1.54) is 0 Å². The van der Waals surface area contributed by atoms with Gasteiger partial charge in [0.15, 0.2) is 5.78 Å². The van der Waals surface area contributed by atoms with Gasteiger partial charge in [0, 0.05) is 7.11 Å². The fourth-order valence-corrected chi connectivity index (χ4v) is 1.29. The van der Waals surface area contributed by atoms with Gasteiger partial charge < -0.3 is 14.5 Å². The maximum atomic E-state index is 10.4. The number of Topliss-reactive ketones (excluding diaryl/α,β-unsaturated/α-hetero) is 1. The van der Waals surface area contributed by atoms with E-state index in [4.69, 9.17) is 9.79 Å². The van der Waals surface area contributed by atoms with Crippen LogP contribution < -0.4 is 0 Å². The number of rotatable bonds is 3. The van der Waals surface area contributed by atoms with Crippen molar-refractivity contribution in [3.8, 4) is 0 Å². The van der Waals surface area contributed by atoms with E-state index in [1.54, 1.807) is 0 Å². The fourth-order valence-electron chi connectivity index (χ4n) is 0.540. The highest BCUT2D eigenvalue weighted by molar-refractivity contribution is 7.53. The second-order valence-electron chi connectivity index (χ2n) is 1.79. The van der Waals surface area contributed by atoms with Crippen molar-refractivity contribution in [3.05, 3.63) is 0 Å². The zero-order chi connectivity index (χ0) is 8.36. The summed E-state index contributed by atoms with van der Waals surface area (Å²) in [4.78, 5) is 27.2. The molecule has 0 radical (unpaired) electrons. The minimum Gasteiger partial charge on any atom is -0.362 e. The lowest BCUT2D eigenvalue weighted by atomic mass is 10.5. The van der Waals surface area contributed by atoms with E-state index < -0.39 is 19.2 Å². The minimum absolute atomic E-state index is 0.671. The molecule has 2 N–H and O–H groups in total. The summed E-state index contributed by atoms with van der Waals surface area (Å²) in [6.45, 7) is 1.06. The standard InChI is InChI=1S/C4H9O5P/c1-3(5)4(9-2)10(6,7)8/h4H,1-2H3,(H2,6,7,8). The Morgan fingerprint density at radius 1 is 1.60 bits per heavy atom. The Morgan fingerprint density at radius 3 is 2.00 bits per heavy atom. The molecule has 0 aliphatic heterocycles. The molecule has 0 aromatic carbocycles. The third kappa shape index (κ3) is 2.58. The van der Waals surface area contributed by atoms with E-state index in [9.17, 15) is 9.36 Å². The summed E-state index contributed by atoms with van der Waals surface area (Å²) in [5.41, 5.74) is 0. The van der Waals surface area contributed by atoms with Crippen LogP contribution in [0.2, 0.25) is 0 Å². The summed E-state index contributed by atoms with van der Waals surface area (Å²) in [6, 6.07) is 0. The summed E-state index contributed by atoms with van der Waals surface area (Å²) < 4.78 is 14.6. The molecule has 0 aliphatic carbocycles. The van der Waals surface area contributed by atoms with Gasteiger partial charge >= 0.3 is 7.60 Å². The van der Waals surface area contributed by atoms with Crippen LogP contribution in [0, 0.1) is 0 Å². The molecule has 0 aromatic rings. The van der Waals surface area contributed by atoms with Crippen molar-refractivity contribution >= 4 is 13.4 Å². The largest absolute Gasteiger partial charge is 0.362 e. The Hall–Kier alpha value is -0.220. The lowest BCUT2D eigenvalue weighted by Gasteiger charge is -2.12. The van der Waals surface area contributed by atoms with E-state index in [1.807, 2.05) is 0 Å². The van der Waals surface area contributed by atoms with Crippen LogP contribution in [-0.4, -0.2) is 28.5 Å². The molecule has 0 aromatic heterocycles. The second-order valence-corrected chi connectivity index (χ2v) is 3.44. The van der Waals surface area contributed by atoms with Crippen LogP contribution in [0.5, 0.6) is 0 Å². The van der Waals surface area contributed by atoms with Crippen molar-refractivity contribution in [1.82, 2.24) is 0 Å². The van der Waals surface area contributed by atoms with E-state index in [2.05, 4.69) is 4.74 Å². The molecular formula is C4H9O5P. The molecule has 0 spiro atoms. The number of methoxy groups -OCH3 is 1. The van der Waals surface area contributed by atoms with Gasteiger partial charge in [-0.15, -0.1) is 0 Å². The Labute approximate surface area is 58.2 Å². The molecule has 5 nitrogen and oxygen atoms in total. The first-order valence-electron chi connectivity index (χ1n) is 2.48. The Morgan fingerprint density at radius 2 is 2.00 bits per heavy atom. The van der Waals surface area contributed by atoms with Gasteiger partial charge in [-0.05, 0) is 6.92 Å². The van der Waals surface area contributed by atoms with Gasteiger partial charge in [-0.25, -0.2) is 0 Å².